The fourth-order valence-electron chi connectivity index (χ4n) is 4.79. The molecule has 1 aliphatic carbocycles. The molecule has 8 heteroatoms. The minimum Gasteiger partial charge on any atom is -0.491 e. The molecule has 2 amide bonds. The van der Waals surface area contributed by atoms with Gasteiger partial charge >= 0.3 is 0 Å². The number of pyridine rings is 1. The van der Waals surface area contributed by atoms with Crippen LogP contribution in [-0.4, -0.2) is 72.6 Å². The summed E-state index contributed by atoms with van der Waals surface area (Å²) in [5.74, 6) is 0.650. The Morgan fingerprint density at radius 3 is 2.69 bits per heavy atom. The summed E-state index contributed by atoms with van der Waals surface area (Å²) in [5, 5.41) is 3.00. The van der Waals surface area contributed by atoms with Gasteiger partial charge in [-0.05, 0) is 49.4 Å². The third-order valence-electron chi connectivity index (χ3n) is 7.43. The van der Waals surface area contributed by atoms with Gasteiger partial charge < -0.3 is 19.7 Å². The second kappa shape index (κ2) is 11.8. The number of benzene rings is 1. The molecule has 4 rings (SSSR count). The highest BCUT2D eigenvalue weighted by Gasteiger charge is 2.29. The Hall–Kier alpha value is -2.97. The molecule has 2 aliphatic rings. The monoisotopic (exact) mass is 494 g/mol. The quantitative estimate of drug-likeness (QED) is 0.680. The number of ether oxygens (including phenoxy) is 2. The van der Waals surface area contributed by atoms with Crippen molar-refractivity contribution in [2.75, 3.05) is 39.2 Å². The minimum absolute atomic E-state index is 0.0331. The van der Waals surface area contributed by atoms with Crippen LogP contribution in [0.2, 0.25) is 0 Å². The van der Waals surface area contributed by atoms with E-state index in [9.17, 15) is 9.59 Å². The summed E-state index contributed by atoms with van der Waals surface area (Å²) in [6, 6.07) is 9.40. The number of likely N-dealkylation sites (N-methyl/N-ethyl adjacent to an activating group) is 1. The molecule has 1 saturated carbocycles. The van der Waals surface area contributed by atoms with Gasteiger partial charge in [0.2, 0.25) is 5.91 Å². The molecule has 0 spiro atoms. The van der Waals surface area contributed by atoms with E-state index in [1.54, 1.807) is 43.5 Å². The first kappa shape index (κ1) is 26.1. The van der Waals surface area contributed by atoms with Gasteiger partial charge in [0.15, 0.2) is 0 Å². The van der Waals surface area contributed by atoms with Crippen molar-refractivity contribution >= 4 is 17.5 Å². The molecule has 1 fully saturated rings. The molecule has 36 heavy (non-hydrogen) atoms. The van der Waals surface area contributed by atoms with Crippen LogP contribution in [0.5, 0.6) is 5.75 Å². The smallest absolute Gasteiger partial charge is 0.257 e. The van der Waals surface area contributed by atoms with E-state index in [0.29, 0.717) is 30.2 Å². The van der Waals surface area contributed by atoms with E-state index in [1.165, 1.54) is 0 Å². The zero-order valence-corrected chi connectivity index (χ0v) is 21.8. The molecule has 3 atom stereocenters. The standard InChI is InChI=1S/C28H38N4O4/c1-19-15-32(16-21-7-6-12-29-14-21)20(2)18-36-25-13-23(30-27(33)22-8-5-9-22)10-11-24(25)28(34)31(3)17-26(19)35-4/h6-7,10-14,19-20,22,26H,5,8-9,15-18H2,1-4H3,(H,30,33)/t19-,20+,26+/m0/s1. The maximum atomic E-state index is 13.4. The molecule has 0 saturated heterocycles. The number of nitrogens with one attached hydrogen (secondary N) is 1. The topological polar surface area (TPSA) is 84.0 Å². The largest absolute Gasteiger partial charge is 0.491 e. The van der Waals surface area contributed by atoms with Gasteiger partial charge in [-0.25, -0.2) is 0 Å². The number of nitrogens with zero attached hydrogens (tertiary/aromatic N) is 3. The van der Waals surface area contributed by atoms with Crippen LogP contribution in [0.4, 0.5) is 5.69 Å². The number of hydrogen-bond acceptors (Lipinski definition) is 6. The lowest BCUT2D eigenvalue weighted by atomic mass is 9.85. The van der Waals surface area contributed by atoms with Gasteiger partial charge in [-0.2, -0.15) is 0 Å². The van der Waals surface area contributed by atoms with Crippen LogP contribution >= 0.6 is 0 Å². The van der Waals surface area contributed by atoms with Crippen molar-refractivity contribution in [1.29, 1.82) is 0 Å². The molecule has 194 valence electrons. The van der Waals surface area contributed by atoms with E-state index in [0.717, 1.165) is 37.9 Å². The molecule has 1 aromatic carbocycles. The SMILES string of the molecule is CO[C@@H]1CN(C)C(=O)c2ccc(NC(=O)C3CCC3)cc2OC[C@@H](C)N(Cc2cccnc2)C[C@@H]1C. The van der Waals surface area contributed by atoms with Gasteiger partial charge in [-0.15, -0.1) is 0 Å². The summed E-state index contributed by atoms with van der Waals surface area (Å²) < 4.78 is 12.1. The first-order chi connectivity index (χ1) is 17.4. The van der Waals surface area contributed by atoms with Crippen LogP contribution in [0.1, 0.15) is 49.0 Å². The highest BCUT2D eigenvalue weighted by molar-refractivity contribution is 5.99. The van der Waals surface area contributed by atoms with Gasteiger partial charge in [0.25, 0.3) is 5.91 Å². The van der Waals surface area contributed by atoms with E-state index in [1.807, 2.05) is 12.3 Å². The highest BCUT2D eigenvalue weighted by Crippen LogP contribution is 2.30. The second-order valence-corrected chi connectivity index (χ2v) is 10.2. The van der Waals surface area contributed by atoms with Crippen LogP contribution in [0.25, 0.3) is 0 Å². The van der Waals surface area contributed by atoms with Gasteiger partial charge in [0, 0.05) is 69.9 Å². The van der Waals surface area contributed by atoms with E-state index >= 15 is 0 Å². The summed E-state index contributed by atoms with van der Waals surface area (Å²) in [6.45, 7) is 6.67. The van der Waals surface area contributed by atoms with Gasteiger partial charge in [0.05, 0.1) is 11.7 Å². The number of carbonyl (C=O) groups excluding carboxylic acids is 2. The predicted molar refractivity (Wildman–Crippen MR) is 139 cm³/mol. The Balaban J connectivity index is 1.61. The lowest BCUT2D eigenvalue weighted by molar-refractivity contribution is -0.122. The summed E-state index contributed by atoms with van der Waals surface area (Å²) in [5.41, 5.74) is 2.26. The number of anilines is 1. The van der Waals surface area contributed by atoms with Gasteiger partial charge in [0.1, 0.15) is 12.4 Å². The van der Waals surface area contributed by atoms with Crippen molar-refractivity contribution < 1.29 is 19.1 Å². The van der Waals surface area contributed by atoms with Crippen LogP contribution in [-0.2, 0) is 16.1 Å². The lowest BCUT2D eigenvalue weighted by Crippen LogP contribution is -2.46. The minimum atomic E-state index is -0.128. The third kappa shape index (κ3) is 6.23. The van der Waals surface area contributed by atoms with E-state index in [-0.39, 0.29) is 35.8 Å². The molecule has 8 nitrogen and oxygen atoms in total. The Bertz CT molecular complexity index is 1040. The Labute approximate surface area is 214 Å². The maximum Gasteiger partial charge on any atom is 0.257 e. The van der Waals surface area contributed by atoms with E-state index in [2.05, 4.69) is 35.1 Å². The summed E-state index contributed by atoms with van der Waals surface area (Å²) >= 11 is 0. The molecule has 0 unspecified atom stereocenters. The number of hydrogen-bond donors (Lipinski definition) is 1. The van der Waals surface area contributed by atoms with E-state index < -0.39 is 0 Å². The Morgan fingerprint density at radius 1 is 1.22 bits per heavy atom. The number of fused-ring (bicyclic) bond motifs is 1. The number of rotatable bonds is 5. The lowest BCUT2D eigenvalue weighted by Gasteiger charge is -2.36. The van der Waals surface area contributed by atoms with Crippen molar-refractivity contribution in [3.05, 3.63) is 53.9 Å². The first-order valence-corrected chi connectivity index (χ1v) is 12.8. The molecule has 2 heterocycles. The zero-order chi connectivity index (χ0) is 25.7. The predicted octanol–water partition coefficient (Wildman–Crippen LogP) is 3.83. The van der Waals surface area contributed by atoms with E-state index in [4.69, 9.17) is 9.47 Å². The fraction of sp³-hybridized carbons (Fsp3) is 0.536. The van der Waals surface area contributed by atoms with Gasteiger partial charge in [-0.1, -0.05) is 19.4 Å². The molecular formula is C28H38N4O4. The maximum absolute atomic E-state index is 13.4. The molecular weight excluding hydrogens is 456 g/mol. The van der Waals surface area contributed by atoms with Crippen LogP contribution < -0.4 is 10.1 Å². The number of carbonyl (C=O) groups is 2. The molecule has 1 aliphatic heterocycles. The second-order valence-electron chi connectivity index (χ2n) is 10.2. The Kier molecular flexibility index (Phi) is 8.59. The van der Waals surface area contributed by atoms with Crippen molar-refractivity contribution in [2.45, 2.75) is 51.8 Å². The third-order valence-corrected chi connectivity index (χ3v) is 7.43. The highest BCUT2D eigenvalue weighted by atomic mass is 16.5. The summed E-state index contributed by atoms with van der Waals surface area (Å²) in [4.78, 5) is 34.2. The average molecular weight is 495 g/mol. The molecule has 1 aromatic heterocycles. The van der Waals surface area contributed by atoms with Crippen LogP contribution in [0.3, 0.4) is 0 Å². The van der Waals surface area contributed by atoms with Crippen LogP contribution in [0.15, 0.2) is 42.7 Å². The van der Waals surface area contributed by atoms with Crippen molar-refractivity contribution in [3.63, 3.8) is 0 Å². The molecule has 1 N–H and O–H groups in total. The van der Waals surface area contributed by atoms with Crippen molar-refractivity contribution in [1.82, 2.24) is 14.8 Å². The normalized spacial score (nSPS) is 24.1. The number of methoxy groups -OCH3 is 1. The fourth-order valence-corrected chi connectivity index (χ4v) is 4.79. The zero-order valence-electron chi connectivity index (χ0n) is 21.8. The van der Waals surface area contributed by atoms with Crippen molar-refractivity contribution in [3.8, 4) is 5.75 Å². The average Bonchev–Trinajstić information content (AvgIpc) is 2.83. The Morgan fingerprint density at radius 2 is 2.03 bits per heavy atom. The van der Waals surface area contributed by atoms with Crippen molar-refractivity contribution in [2.24, 2.45) is 11.8 Å². The number of aromatic nitrogens is 1. The summed E-state index contributed by atoms with van der Waals surface area (Å²) in [6.07, 6.45) is 6.51. The first-order valence-electron chi connectivity index (χ1n) is 12.8. The molecule has 0 bridgehead atoms. The van der Waals surface area contributed by atoms with Gasteiger partial charge in [-0.3, -0.25) is 19.5 Å². The molecule has 2 aromatic rings. The van der Waals surface area contributed by atoms with Crippen LogP contribution in [0, 0.1) is 11.8 Å². The summed E-state index contributed by atoms with van der Waals surface area (Å²) in [7, 11) is 3.49. The molecule has 0 radical (unpaired) electrons. The number of amides is 2.